The molecule has 1 aliphatic rings. The molecule has 102 valence electrons. The van der Waals surface area contributed by atoms with Crippen molar-refractivity contribution in [1.82, 2.24) is 4.90 Å². The molecular formula is C14H18N2O3. The van der Waals surface area contributed by atoms with Gasteiger partial charge in [-0.2, -0.15) is 0 Å². The minimum absolute atomic E-state index is 0.0637. The largest absolute Gasteiger partial charge is 0.478 e. The van der Waals surface area contributed by atoms with Crippen LogP contribution in [0.15, 0.2) is 18.2 Å². The molecule has 0 aliphatic carbocycles. The summed E-state index contributed by atoms with van der Waals surface area (Å²) in [7, 11) is 1.98. The standard InChI is InChI=1S/C14H18N2O3/c1-9-4-3-5-11(14(18)19)12(9)15-13(17)10-6-7-16(2)8-10/h3-5,10H,6-8H2,1-2H3,(H,15,17)(H,18,19). The zero-order chi connectivity index (χ0) is 14.0. The van der Waals surface area contributed by atoms with Crippen molar-refractivity contribution in [3.63, 3.8) is 0 Å². The van der Waals surface area contributed by atoms with Gasteiger partial charge >= 0.3 is 5.97 Å². The van der Waals surface area contributed by atoms with Crippen LogP contribution in [0.5, 0.6) is 0 Å². The molecule has 1 aromatic carbocycles. The van der Waals surface area contributed by atoms with E-state index in [1.54, 1.807) is 19.1 Å². The highest BCUT2D eigenvalue weighted by Crippen LogP contribution is 2.23. The Morgan fingerprint density at radius 1 is 1.42 bits per heavy atom. The third-order valence-corrected chi connectivity index (χ3v) is 3.51. The number of carboxylic acid groups (broad SMARTS) is 1. The number of aromatic carboxylic acids is 1. The monoisotopic (exact) mass is 262 g/mol. The fourth-order valence-corrected chi connectivity index (χ4v) is 2.39. The summed E-state index contributed by atoms with van der Waals surface area (Å²) in [6, 6.07) is 4.98. The summed E-state index contributed by atoms with van der Waals surface area (Å²) in [5.74, 6) is -1.19. The molecule has 1 saturated heterocycles. The van der Waals surface area contributed by atoms with Crippen LogP contribution in [0, 0.1) is 12.8 Å². The first kappa shape index (κ1) is 13.5. The number of para-hydroxylation sites is 1. The molecule has 0 aromatic heterocycles. The van der Waals surface area contributed by atoms with Gasteiger partial charge in [-0.3, -0.25) is 4.79 Å². The van der Waals surface area contributed by atoms with Gasteiger partial charge in [-0.25, -0.2) is 4.79 Å². The second-order valence-electron chi connectivity index (χ2n) is 5.04. The number of benzene rings is 1. The van der Waals surface area contributed by atoms with E-state index >= 15 is 0 Å². The number of carbonyl (C=O) groups excluding carboxylic acids is 1. The summed E-state index contributed by atoms with van der Waals surface area (Å²) in [6.45, 7) is 3.42. The average Bonchev–Trinajstić information content (AvgIpc) is 2.78. The number of nitrogens with one attached hydrogen (secondary N) is 1. The highest BCUT2D eigenvalue weighted by atomic mass is 16.4. The quantitative estimate of drug-likeness (QED) is 0.867. The summed E-state index contributed by atoms with van der Waals surface area (Å²) in [5, 5.41) is 11.9. The normalized spacial score (nSPS) is 19.4. The topological polar surface area (TPSA) is 69.6 Å². The SMILES string of the molecule is Cc1cccc(C(=O)O)c1NC(=O)C1CCN(C)C1. The van der Waals surface area contributed by atoms with E-state index in [2.05, 4.69) is 10.2 Å². The van der Waals surface area contributed by atoms with Crippen LogP contribution in [0.4, 0.5) is 5.69 Å². The molecule has 1 fully saturated rings. The van der Waals surface area contributed by atoms with E-state index in [1.807, 2.05) is 7.05 Å². The van der Waals surface area contributed by atoms with Crippen LogP contribution in [0.2, 0.25) is 0 Å². The van der Waals surface area contributed by atoms with Gasteiger partial charge in [0.05, 0.1) is 17.2 Å². The fraction of sp³-hybridized carbons (Fsp3) is 0.429. The first-order valence-electron chi connectivity index (χ1n) is 6.31. The van der Waals surface area contributed by atoms with Gasteiger partial charge in [0.1, 0.15) is 0 Å². The Balaban J connectivity index is 2.19. The maximum absolute atomic E-state index is 12.2. The molecule has 5 nitrogen and oxygen atoms in total. The van der Waals surface area contributed by atoms with Crippen LogP contribution in [0.3, 0.4) is 0 Å². The number of likely N-dealkylation sites (tertiary alicyclic amines) is 1. The third-order valence-electron chi connectivity index (χ3n) is 3.51. The van der Waals surface area contributed by atoms with Crippen molar-refractivity contribution in [2.45, 2.75) is 13.3 Å². The van der Waals surface area contributed by atoms with Crippen molar-refractivity contribution in [3.05, 3.63) is 29.3 Å². The minimum atomic E-state index is -1.03. The van der Waals surface area contributed by atoms with Gasteiger partial charge in [-0.15, -0.1) is 0 Å². The second-order valence-corrected chi connectivity index (χ2v) is 5.04. The van der Waals surface area contributed by atoms with E-state index in [-0.39, 0.29) is 17.4 Å². The molecule has 1 unspecified atom stereocenters. The summed E-state index contributed by atoms with van der Waals surface area (Å²) in [5.41, 5.74) is 1.31. The summed E-state index contributed by atoms with van der Waals surface area (Å²) >= 11 is 0. The lowest BCUT2D eigenvalue weighted by Crippen LogP contribution is -2.26. The number of hydrogen-bond donors (Lipinski definition) is 2. The molecule has 1 aromatic rings. The molecular weight excluding hydrogens is 244 g/mol. The summed E-state index contributed by atoms with van der Waals surface area (Å²) in [6.07, 6.45) is 0.816. The lowest BCUT2D eigenvalue weighted by atomic mass is 10.1. The van der Waals surface area contributed by atoms with Crippen LogP contribution in [0.1, 0.15) is 22.3 Å². The number of rotatable bonds is 3. The van der Waals surface area contributed by atoms with E-state index in [0.29, 0.717) is 5.69 Å². The van der Waals surface area contributed by atoms with Gasteiger partial charge in [0.2, 0.25) is 5.91 Å². The molecule has 2 N–H and O–H groups in total. The second kappa shape index (κ2) is 5.40. The van der Waals surface area contributed by atoms with E-state index in [9.17, 15) is 9.59 Å². The molecule has 5 heteroatoms. The Hall–Kier alpha value is -1.88. The molecule has 1 aliphatic heterocycles. The molecule has 1 amide bonds. The van der Waals surface area contributed by atoms with Crippen molar-refractivity contribution in [3.8, 4) is 0 Å². The van der Waals surface area contributed by atoms with Crippen LogP contribution >= 0.6 is 0 Å². The number of aryl methyl sites for hydroxylation is 1. The molecule has 0 radical (unpaired) electrons. The molecule has 0 spiro atoms. The smallest absolute Gasteiger partial charge is 0.337 e. The molecule has 1 atom stereocenters. The Kier molecular flexibility index (Phi) is 3.85. The predicted octanol–water partition coefficient (Wildman–Crippen LogP) is 1.58. The van der Waals surface area contributed by atoms with Gasteiger partial charge in [0.25, 0.3) is 0 Å². The van der Waals surface area contributed by atoms with Crippen molar-refractivity contribution in [2.24, 2.45) is 5.92 Å². The highest BCUT2D eigenvalue weighted by molar-refractivity contribution is 6.02. The predicted molar refractivity (Wildman–Crippen MR) is 72.4 cm³/mol. The maximum Gasteiger partial charge on any atom is 0.337 e. The zero-order valence-corrected chi connectivity index (χ0v) is 11.1. The van der Waals surface area contributed by atoms with Gasteiger partial charge in [0, 0.05) is 6.54 Å². The Labute approximate surface area is 112 Å². The fourth-order valence-electron chi connectivity index (χ4n) is 2.39. The number of hydrogen-bond acceptors (Lipinski definition) is 3. The third kappa shape index (κ3) is 2.93. The van der Waals surface area contributed by atoms with Gasteiger partial charge < -0.3 is 15.3 Å². The lowest BCUT2D eigenvalue weighted by molar-refractivity contribution is -0.119. The number of nitrogens with zero attached hydrogens (tertiary/aromatic N) is 1. The Bertz CT molecular complexity index is 513. The molecule has 2 rings (SSSR count). The molecule has 1 heterocycles. The molecule has 0 saturated carbocycles. The summed E-state index contributed by atoms with van der Waals surface area (Å²) in [4.78, 5) is 25.4. The minimum Gasteiger partial charge on any atom is -0.478 e. The van der Waals surface area contributed by atoms with Crippen LogP contribution in [-0.4, -0.2) is 42.0 Å². The first-order chi connectivity index (χ1) is 8.99. The summed E-state index contributed by atoms with van der Waals surface area (Å²) < 4.78 is 0. The number of anilines is 1. The van der Waals surface area contributed by atoms with Crippen molar-refractivity contribution in [1.29, 1.82) is 0 Å². The first-order valence-corrected chi connectivity index (χ1v) is 6.31. The maximum atomic E-state index is 12.2. The molecule has 0 bridgehead atoms. The van der Waals surface area contributed by atoms with Gasteiger partial charge in [-0.05, 0) is 38.6 Å². The van der Waals surface area contributed by atoms with Crippen molar-refractivity contribution in [2.75, 3.05) is 25.5 Å². The highest BCUT2D eigenvalue weighted by Gasteiger charge is 2.27. The molecule has 19 heavy (non-hydrogen) atoms. The number of carboxylic acids is 1. The zero-order valence-electron chi connectivity index (χ0n) is 11.1. The number of carbonyl (C=O) groups is 2. The van der Waals surface area contributed by atoms with Crippen molar-refractivity contribution >= 4 is 17.6 Å². The van der Waals surface area contributed by atoms with E-state index in [0.717, 1.165) is 25.1 Å². The number of amides is 1. The average molecular weight is 262 g/mol. The Morgan fingerprint density at radius 2 is 2.16 bits per heavy atom. The van der Waals surface area contributed by atoms with E-state index < -0.39 is 5.97 Å². The van der Waals surface area contributed by atoms with Crippen LogP contribution in [0.25, 0.3) is 0 Å². The van der Waals surface area contributed by atoms with Gasteiger partial charge in [0.15, 0.2) is 0 Å². The van der Waals surface area contributed by atoms with E-state index in [4.69, 9.17) is 5.11 Å². The van der Waals surface area contributed by atoms with Crippen molar-refractivity contribution < 1.29 is 14.7 Å². The van der Waals surface area contributed by atoms with Crippen LogP contribution < -0.4 is 5.32 Å². The van der Waals surface area contributed by atoms with Crippen LogP contribution in [-0.2, 0) is 4.79 Å². The van der Waals surface area contributed by atoms with E-state index in [1.165, 1.54) is 6.07 Å². The Morgan fingerprint density at radius 3 is 2.74 bits per heavy atom. The lowest BCUT2D eigenvalue weighted by Gasteiger charge is -2.15. The van der Waals surface area contributed by atoms with Gasteiger partial charge in [-0.1, -0.05) is 12.1 Å².